The third kappa shape index (κ3) is 4.09. The van der Waals surface area contributed by atoms with Gasteiger partial charge in [-0.1, -0.05) is 0 Å². The topological polar surface area (TPSA) is 70.2 Å². The van der Waals surface area contributed by atoms with E-state index < -0.39 is 10.0 Å². The van der Waals surface area contributed by atoms with Crippen LogP contribution in [-0.2, 0) is 14.8 Å². The van der Waals surface area contributed by atoms with Crippen LogP contribution >= 0.6 is 0 Å². The Morgan fingerprint density at radius 3 is 2.08 bits per heavy atom. The number of amides is 1. The Kier molecular flexibility index (Phi) is 5.96. The minimum atomic E-state index is -3.52. The summed E-state index contributed by atoms with van der Waals surface area (Å²) in [5, 5.41) is 0. The van der Waals surface area contributed by atoms with Gasteiger partial charge in [-0.3, -0.25) is 9.69 Å². The van der Waals surface area contributed by atoms with Gasteiger partial charge in [0, 0.05) is 50.9 Å². The predicted molar refractivity (Wildman–Crippen MR) is 98.6 cm³/mol. The van der Waals surface area contributed by atoms with Crippen molar-refractivity contribution in [1.82, 2.24) is 14.1 Å². The summed E-state index contributed by atoms with van der Waals surface area (Å²) >= 11 is 0. The molecule has 1 aromatic rings. The van der Waals surface area contributed by atoms with Crippen LogP contribution in [0.5, 0.6) is 0 Å². The summed E-state index contributed by atoms with van der Waals surface area (Å²) in [6, 6.07) is 6.77. The standard InChI is InChI=1S/C18H27N3O4S/c1-15(2)19-7-9-20(10-8-19)18(22)16-3-5-17(6-4-16)26(23,24)21-11-13-25-14-12-21/h3-6,15H,7-14H2,1-2H3. The maximum absolute atomic E-state index is 12.7. The first kappa shape index (κ1) is 19.3. The molecule has 8 heteroatoms. The van der Waals surface area contributed by atoms with Gasteiger partial charge in [0.2, 0.25) is 10.0 Å². The average Bonchev–Trinajstić information content (AvgIpc) is 2.68. The Bertz CT molecular complexity index is 719. The zero-order valence-electron chi connectivity index (χ0n) is 15.4. The van der Waals surface area contributed by atoms with Gasteiger partial charge in [-0.15, -0.1) is 0 Å². The summed E-state index contributed by atoms with van der Waals surface area (Å²) in [6.45, 7) is 9.01. The summed E-state index contributed by atoms with van der Waals surface area (Å²) in [5.74, 6) is -0.0382. The molecule has 2 saturated heterocycles. The molecule has 1 amide bonds. The summed E-state index contributed by atoms with van der Waals surface area (Å²) in [4.78, 5) is 17.1. The Morgan fingerprint density at radius 1 is 0.962 bits per heavy atom. The molecule has 0 aliphatic carbocycles. The zero-order valence-corrected chi connectivity index (χ0v) is 16.2. The van der Waals surface area contributed by atoms with E-state index in [1.54, 1.807) is 12.1 Å². The fraction of sp³-hybridized carbons (Fsp3) is 0.611. The molecule has 1 aromatic carbocycles. The number of morpholine rings is 1. The lowest BCUT2D eigenvalue weighted by molar-refractivity contribution is 0.0595. The number of benzene rings is 1. The number of nitrogens with zero attached hydrogens (tertiary/aromatic N) is 3. The minimum Gasteiger partial charge on any atom is -0.379 e. The first-order valence-electron chi connectivity index (χ1n) is 9.11. The second-order valence-corrected chi connectivity index (χ2v) is 8.90. The largest absolute Gasteiger partial charge is 0.379 e. The molecule has 0 unspecified atom stereocenters. The van der Waals surface area contributed by atoms with Crippen molar-refractivity contribution < 1.29 is 17.9 Å². The zero-order chi connectivity index (χ0) is 18.7. The predicted octanol–water partition coefficient (Wildman–Crippen LogP) is 0.874. The maximum Gasteiger partial charge on any atom is 0.253 e. The molecule has 2 fully saturated rings. The van der Waals surface area contributed by atoms with E-state index in [4.69, 9.17) is 4.74 Å². The highest BCUT2D eigenvalue weighted by atomic mass is 32.2. The van der Waals surface area contributed by atoms with Crippen LogP contribution in [-0.4, -0.2) is 87.0 Å². The van der Waals surface area contributed by atoms with Crippen LogP contribution < -0.4 is 0 Å². The van der Waals surface area contributed by atoms with Crippen molar-refractivity contribution in [3.8, 4) is 0 Å². The van der Waals surface area contributed by atoms with Crippen molar-refractivity contribution in [3.63, 3.8) is 0 Å². The van der Waals surface area contributed by atoms with Crippen LogP contribution in [0.1, 0.15) is 24.2 Å². The number of piperazine rings is 1. The van der Waals surface area contributed by atoms with E-state index in [2.05, 4.69) is 18.7 Å². The van der Waals surface area contributed by atoms with Gasteiger partial charge in [0.05, 0.1) is 18.1 Å². The minimum absolute atomic E-state index is 0.0382. The van der Waals surface area contributed by atoms with Crippen LogP contribution in [0.4, 0.5) is 0 Å². The Balaban J connectivity index is 1.66. The van der Waals surface area contributed by atoms with Gasteiger partial charge in [-0.2, -0.15) is 4.31 Å². The molecule has 0 N–H and O–H groups in total. The Morgan fingerprint density at radius 2 is 1.54 bits per heavy atom. The fourth-order valence-electron chi connectivity index (χ4n) is 3.33. The summed E-state index contributed by atoms with van der Waals surface area (Å²) < 4.78 is 31.9. The number of sulfonamides is 1. The summed E-state index contributed by atoms with van der Waals surface area (Å²) in [6.07, 6.45) is 0. The average molecular weight is 381 g/mol. The lowest BCUT2D eigenvalue weighted by Crippen LogP contribution is -2.50. The van der Waals surface area contributed by atoms with Gasteiger partial charge in [-0.25, -0.2) is 8.42 Å². The molecular formula is C18H27N3O4S. The van der Waals surface area contributed by atoms with E-state index in [1.807, 2.05) is 4.90 Å². The lowest BCUT2D eigenvalue weighted by atomic mass is 10.1. The summed E-state index contributed by atoms with van der Waals surface area (Å²) in [7, 11) is -3.52. The highest BCUT2D eigenvalue weighted by Gasteiger charge is 2.27. The number of hydrogen-bond donors (Lipinski definition) is 0. The quantitative estimate of drug-likeness (QED) is 0.774. The van der Waals surface area contributed by atoms with Crippen molar-refractivity contribution in [3.05, 3.63) is 29.8 Å². The van der Waals surface area contributed by atoms with Gasteiger partial charge in [0.25, 0.3) is 5.91 Å². The molecule has 2 aliphatic rings. The molecule has 0 radical (unpaired) electrons. The SMILES string of the molecule is CC(C)N1CCN(C(=O)c2ccc(S(=O)(=O)N3CCOCC3)cc2)CC1. The first-order valence-corrected chi connectivity index (χ1v) is 10.5. The smallest absolute Gasteiger partial charge is 0.253 e. The second kappa shape index (κ2) is 8.04. The molecule has 7 nitrogen and oxygen atoms in total. The fourth-order valence-corrected chi connectivity index (χ4v) is 4.74. The number of hydrogen-bond acceptors (Lipinski definition) is 5. The van der Waals surface area contributed by atoms with E-state index >= 15 is 0 Å². The lowest BCUT2D eigenvalue weighted by Gasteiger charge is -2.37. The molecular weight excluding hydrogens is 354 g/mol. The molecule has 144 valence electrons. The third-order valence-electron chi connectivity index (χ3n) is 5.04. The molecule has 0 bridgehead atoms. The van der Waals surface area contributed by atoms with Gasteiger partial charge in [-0.05, 0) is 38.1 Å². The molecule has 0 saturated carbocycles. The number of ether oxygens (including phenoxy) is 1. The highest BCUT2D eigenvalue weighted by molar-refractivity contribution is 7.89. The molecule has 2 heterocycles. The van der Waals surface area contributed by atoms with E-state index in [9.17, 15) is 13.2 Å². The van der Waals surface area contributed by atoms with Gasteiger partial charge < -0.3 is 9.64 Å². The monoisotopic (exact) mass is 381 g/mol. The van der Waals surface area contributed by atoms with Gasteiger partial charge in [0.15, 0.2) is 0 Å². The molecule has 0 atom stereocenters. The molecule has 2 aliphatic heterocycles. The van der Waals surface area contributed by atoms with Gasteiger partial charge >= 0.3 is 0 Å². The Hall–Kier alpha value is -1.48. The van der Waals surface area contributed by atoms with Crippen molar-refractivity contribution >= 4 is 15.9 Å². The van der Waals surface area contributed by atoms with Crippen LogP contribution in [0, 0.1) is 0 Å². The number of carbonyl (C=O) groups is 1. The van der Waals surface area contributed by atoms with Gasteiger partial charge in [0.1, 0.15) is 0 Å². The molecule has 26 heavy (non-hydrogen) atoms. The Labute approximate surface area is 155 Å². The van der Waals surface area contributed by atoms with Crippen LogP contribution in [0.25, 0.3) is 0 Å². The second-order valence-electron chi connectivity index (χ2n) is 6.96. The number of rotatable bonds is 4. The van der Waals surface area contributed by atoms with Crippen molar-refractivity contribution in [2.45, 2.75) is 24.8 Å². The third-order valence-corrected chi connectivity index (χ3v) is 6.95. The van der Waals surface area contributed by atoms with Crippen LogP contribution in [0.2, 0.25) is 0 Å². The summed E-state index contributed by atoms with van der Waals surface area (Å²) in [5.41, 5.74) is 0.531. The van der Waals surface area contributed by atoms with Crippen molar-refractivity contribution in [2.75, 3.05) is 52.5 Å². The first-order chi connectivity index (χ1) is 12.4. The maximum atomic E-state index is 12.7. The van der Waals surface area contributed by atoms with Crippen molar-refractivity contribution in [1.29, 1.82) is 0 Å². The normalized spacial score (nSPS) is 20.5. The molecule has 0 aromatic heterocycles. The van der Waals surface area contributed by atoms with E-state index in [0.29, 0.717) is 51.0 Å². The highest BCUT2D eigenvalue weighted by Crippen LogP contribution is 2.19. The number of carbonyl (C=O) groups excluding carboxylic acids is 1. The molecule has 0 spiro atoms. The van der Waals surface area contributed by atoms with E-state index in [1.165, 1.54) is 16.4 Å². The van der Waals surface area contributed by atoms with E-state index in [-0.39, 0.29) is 10.8 Å². The van der Waals surface area contributed by atoms with E-state index in [0.717, 1.165) is 13.1 Å². The van der Waals surface area contributed by atoms with Crippen molar-refractivity contribution in [2.24, 2.45) is 0 Å². The molecule has 3 rings (SSSR count). The van der Waals surface area contributed by atoms with Crippen LogP contribution in [0.3, 0.4) is 0 Å². The van der Waals surface area contributed by atoms with Crippen LogP contribution in [0.15, 0.2) is 29.2 Å².